The number of carboxylic acids is 1. The Labute approximate surface area is 115 Å². The summed E-state index contributed by atoms with van der Waals surface area (Å²) in [6, 6.07) is 0.173. The predicted molar refractivity (Wildman–Crippen MR) is 74.1 cm³/mol. The van der Waals surface area contributed by atoms with E-state index in [9.17, 15) is 9.59 Å². The molecule has 5 heteroatoms. The molecule has 0 aromatic rings. The van der Waals surface area contributed by atoms with Gasteiger partial charge in [0.25, 0.3) is 0 Å². The first-order chi connectivity index (χ1) is 8.95. The number of urea groups is 1. The Hall–Kier alpha value is -1.26. The van der Waals surface area contributed by atoms with E-state index in [1.807, 2.05) is 25.7 Å². The number of amides is 2. The fourth-order valence-corrected chi connectivity index (χ4v) is 2.76. The van der Waals surface area contributed by atoms with Crippen molar-refractivity contribution >= 4 is 12.0 Å². The van der Waals surface area contributed by atoms with Crippen LogP contribution in [0.3, 0.4) is 0 Å². The van der Waals surface area contributed by atoms with E-state index >= 15 is 0 Å². The highest BCUT2D eigenvalue weighted by molar-refractivity contribution is 5.80. The Kier molecular flexibility index (Phi) is 6.12. The quantitative estimate of drug-likeness (QED) is 0.806. The number of rotatable bonds is 6. The minimum atomic E-state index is -0.948. The zero-order valence-electron chi connectivity index (χ0n) is 12.3. The molecule has 1 N–H and O–H groups in total. The number of nitrogens with zero attached hydrogens (tertiary/aromatic N) is 2. The van der Waals surface area contributed by atoms with Crippen LogP contribution in [-0.4, -0.2) is 52.6 Å². The van der Waals surface area contributed by atoms with E-state index in [2.05, 4.69) is 0 Å². The molecule has 0 heterocycles. The summed E-state index contributed by atoms with van der Waals surface area (Å²) in [6.45, 7) is 6.89. The van der Waals surface area contributed by atoms with Gasteiger partial charge < -0.3 is 14.9 Å². The molecule has 19 heavy (non-hydrogen) atoms. The minimum Gasteiger partial charge on any atom is -0.480 e. The average molecular weight is 270 g/mol. The van der Waals surface area contributed by atoms with Gasteiger partial charge in [-0.15, -0.1) is 0 Å². The van der Waals surface area contributed by atoms with E-state index < -0.39 is 5.97 Å². The maximum absolute atomic E-state index is 12.5. The molecule has 2 amide bonds. The molecule has 0 radical (unpaired) electrons. The topological polar surface area (TPSA) is 60.9 Å². The number of carbonyl (C=O) groups is 2. The Morgan fingerprint density at radius 2 is 1.84 bits per heavy atom. The molecule has 1 aliphatic carbocycles. The first-order valence-corrected chi connectivity index (χ1v) is 7.23. The molecule has 0 spiro atoms. The van der Waals surface area contributed by atoms with Crippen LogP contribution in [0.25, 0.3) is 0 Å². The van der Waals surface area contributed by atoms with Crippen molar-refractivity contribution in [2.75, 3.05) is 19.6 Å². The molecule has 0 unspecified atom stereocenters. The lowest BCUT2D eigenvalue weighted by atomic mass is 10.2. The summed E-state index contributed by atoms with van der Waals surface area (Å²) in [5, 5.41) is 8.95. The molecule has 0 aromatic carbocycles. The molecule has 1 rings (SSSR count). The van der Waals surface area contributed by atoms with Crippen molar-refractivity contribution in [3.05, 3.63) is 0 Å². The van der Waals surface area contributed by atoms with Gasteiger partial charge in [-0.3, -0.25) is 4.79 Å². The van der Waals surface area contributed by atoms with Gasteiger partial charge in [0.05, 0.1) is 0 Å². The highest BCUT2D eigenvalue weighted by Gasteiger charge is 2.29. The molecular formula is C14H26N2O3. The molecule has 110 valence electrons. The third-order valence-corrected chi connectivity index (χ3v) is 3.53. The van der Waals surface area contributed by atoms with Crippen LogP contribution < -0.4 is 0 Å². The molecule has 0 bridgehead atoms. The second-order valence-electron chi connectivity index (χ2n) is 5.67. The van der Waals surface area contributed by atoms with E-state index in [0.29, 0.717) is 19.1 Å². The number of hydrogen-bond donors (Lipinski definition) is 1. The standard InChI is InChI=1S/C14H26N2O3/c1-4-16(12-7-5-6-8-12)14(19)15(9-11(2)3)10-13(17)18/h11-12H,4-10H2,1-3H3,(H,17,18). The molecule has 1 fully saturated rings. The molecule has 0 aromatic heterocycles. The van der Waals surface area contributed by atoms with Crippen molar-refractivity contribution in [1.29, 1.82) is 0 Å². The van der Waals surface area contributed by atoms with Gasteiger partial charge in [0.1, 0.15) is 6.54 Å². The second-order valence-corrected chi connectivity index (χ2v) is 5.67. The van der Waals surface area contributed by atoms with Gasteiger partial charge >= 0.3 is 12.0 Å². The van der Waals surface area contributed by atoms with Gasteiger partial charge in [-0.1, -0.05) is 26.7 Å². The maximum Gasteiger partial charge on any atom is 0.323 e. The van der Waals surface area contributed by atoms with Crippen molar-refractivity contribution in [2.45, 2.75) is 52.5 Å². The number of hydrogen-bond acceptors (Lipinski definition) is 2. The zero-order chi connectivity index (χ0) is 14.4. The Bertz CT molecular complexity index is 312. The van der Waals surface area contributed by atoms with Crippen LogP contribution in [0, 0.1) is 5.92 Å². The van der Waals surface area contributed by atoms with E-state index in [1.165, 1.54) is 4.90 Å². The lowest BCUT2D eigenvalue weighted by Crippen LogP contribution is -2.49. The molecule has 1 saturated carbocycles. The van der Waals surface area contributed by atoms with Crippen LogP contribution in [0.4, 0.5) is 4.79 Å². The molecule has 0 aliphatic heterocycles. The average Bonchev–Trinajstić information content (AvgIpc) is 2.81. The Morgan fingerprint density at radius 3 is 2.26 bits per heavy atom. The maximum atomic E-state index is 12.5. The summed E-state index contributed by atoms with van der Waals surface area (Å²) < 4.78 is 0. The van der Waals surface area contributed by atoms with E-state index in [4.69, 9.17) is 5.11 Å². The third kappa shape index (κ3) is 4.73. The number of carboxylic acid groups (broad SMARTS) is 1. The fraction of sp³-hybridized carbons (Fsp3) is 0.857. The van der Waals surface area contributed by atoms with Crippen LogP contribution in [0.2, 0.25) is 0 Å². The van der Waals surface area contributed by atoms with Crippen LogP contribution in [-0.2, 0) is 4.79 Å². The van der Waals surface area contributed by atoms with Crippen molar-refractivity contribution in [2.24, 2.45) is 5.92 Å². The van der Waals surface area contributed by atoms with Gasteiger partial charge in [0, 0.05) is 19.1 Å². The third-order valence-electron chi connectivity index (χ3n) is 3.53. The van der Waals surface area contributed by atoms with Crippen molar-refractivity contribution in [1.82, 2.24) is 9.80 Å². The lowest BCUT2D eigenvalue weighted by molar-refractivity contribution is -0.137. The Balaban J connectivity index is 2.73. The molecule has 0 atom stereocenters. The summed E-state index contributed by atoms with van der Waals surface area (Å²) in [7, 11) is 0. The summed E-state index contributed by atoms with van der Waals surface area (Å²) in [4.78, 5) is 26.7. The van der Waals surface area contributed by atoms with Crippen molar-refractivity contribution in [3.63, 3.8) is 0 Å². The predicted octanol–water partition coefficient (Wildman–Crippen LogP) is 2.41. The smallest absolute Gasteiger partial charge is 0.323 e. The summed E-state index contributed by atoms with van der Waals surface area (Å²) >= 11 is 0. The lowest BCUT2D eigenvalue weighted by Gasteiger charge is -2.34. The first-order valence-electron chi connectivity index (χ1n) is 7.23. The highest BCUT2D eigenvalue weighted by Crippen LogP contribution is 2.24. The first kappa shape index (κ1) is 15.8. The zero-order valence-corrected chi connectivity index (χ0v) is 12.3. The molecular weight excluding hydrogens is 244 g/mol. The molecule has 1 aliphatic rings. The minimum absolute atomic E-state index is 0.120. The van der Waals surface area contributed by atoms with Gasteiger partial charge in [-0.25, -0.2) is 4.79 Å². The second kappa shape index (κ2) is 7.36. The molecule has 5 nitrogen and oxygen atoms in total. The van der Waals surface area contributed by atoms with E-state index in [-0.39, 0.29) is 18.5 Å². The van der Waals surface area contributed by atoms with E-state index in [0.717, 1.165) is 25.7 Å². The Morgan fingerprint density at radius 1 is 1.26 bits per heavy atom. The highest BCUT2D eigenvalue weighted by atomic mass is 16.4. The summed E-state index contributed by atoms with van der Waals surface area (Å²) in [5.41, 5.74) is 0. The number of carbonyl (C=O) groups excluding carboxylic acids is 1. The van der Waals surface area contributed by atoms with Crippen LogP contribution in [0.5, 0.6) is 0 Å². The van der Waals surface area contributed by atoms with Gasteiger partial charge in [-0.05, 0) is 25.7 Å². The normalized spacial score (nSPS) is 15.8. The van der Waals surface area contributed by atoms with Crippen LogP contribution >= 0.6 is 0 Å². The van der Waals surface area contributed by atoms with Crippen LogP contribution in [0.1, 0.15) is 46.5 Å². The largest absolute Gasteiger partial charge is 0.480 e. The monoisotopic (exact) mass is 270 g/mol. The molecule has 0 saturated heterocycles. The van der Waals surface area contributed by atoms with Crippen molar-refractivity contribution < 1.29 is 14.7 Å². The fourth-order valence-electron chi connectivity index (χ4n) is 2.76. The SMILES string of the molecule is CCN(C(=O)N(CC(=O)O)CC(C)C)C1CCCC1. The van der Waals surface area contributed by atoms with Gasteiger partial charge in [0.2, 0.25) is 0 Å². The number of aliphatic carboxylic acids is 1. The summed E-state index contributed by atoms with van der Waals surface area (Å²) in [5.74, 6) is -0.679. The van der Waals surface area contributed by atoms with Crippen LogP contribution in [0.15, 0.2) is 0 Å². The van der Waals surface area contributed by atoms with Gasteiger partial charge in [0.15, 0.2) is 0 Å². The van der Waals surface area contributed by atoms with Gasteiger partial charge in [-0.2, -0.15) is 0 Å². The van der Waals surface area contributed by atoms with E-state index in [1.54, 1.807) is 0 Å². The van der Waals surface area contributed by atoms with Crippen molar-refractivity contribution in [3.8, 4) is 0 Å². The summed E-state index contributed by atoms with van der Waals surface area (Å²) in [6.07, 6.45) is 4.42.